The van der Waals surface area contributed by atoms with E-state index in [2.05, 4.69) is 4.90 Å². The minimum Gasteiger partial charge on any atom is -0.503 e. The first-order chi connectivity index (χ1) is 14.5. The minimum atomic E-state index is -0.624. The standard InChI is InChI=1S/C24H28N2O4/c1-16-6-9-18(10-7-16)21-20(22(27)19-11-8-17(2)30-19)23(28)24(29)26(21)15-14-25-12-4-3-5-13-25/h6-11,21,28H,3-5,12-15H2,1-2H3. The Balaban J connectivity index is 1.66. The van der Waals surface area contributed by atoms with Crippen LogP contribution in [0.2, 0.25) is 0 Å². The maximum atomic E-state index is 13.2. The zero-order chi connectivity index (χ0) is 21.3. The molecule has 1 amide bonds. The van der Waals surface area contributed by atoms with Crippen LogP contribution in [0.4, 0.5) is 0 Å². The van der Waals surface area contributed by atoms with Crippen molar-refractivity contribution in [1.29, 1.82) is 0 Å². The molecule has 1 aromatic carbocycles. The molecule has 30 heavy (non-hydrogen) atoms. The summed E-state index contributed by atoms with van der Waals surface area (Å²) in [6, 6.07) is 10.4. The number of hydrogen-bond donors (Lipinski definition) is 1. The second kappa shape index (κ2) is 8.48. The van der Waals surface area contributed by atoms with Gasteiger partial charge in [-0.25, -0.2) is 0 Å². The Labute approximate surface area is 176 Å². The number of piperidine rings is 1. The summed E-state index contributed by atoms with van der Waals surface area (Å²) in [6.07, 6.45) is 3.58. The van der Waals surface area contributed by atoms with Crippen LogP contribution in [-0.2, 0) is 4.79 Å². The number of hydrogen-bond acceptors (Lipinski definition) is 5. The Bertz CT molecular complexity index is 967. The normalized spacial score (nSPS) is 20.3. The summed E-state index contributed by atoms with van der Waals surface area (Å²) in [5, 5.41) is 10.7. The summed E-state index contributed by atoms with van der Waals surface area (Å²) in [4.78, 5) is 30.2. The molecule has 3 heterocycles. The van der Waals surface area contributed by atoms with E-state index in [1.54, 1.807) is 24.0 Å². The first-order valence-electron chi connectivity index (χ1n) is 10.6. The number of aliphatic hydroxyl groups is 1. The second-order valence-electron chi connectivity index (χ2n) is 8.22. The Morgan fingerprint density at radius 2 is 1.73 bits per heavy atom. The van der Waals surface area contributed by atoms with Crippen LogP contribution in [0.5, 0.6) is 0 Å². The fraction of sp³-hybridized carbons (Fsp3) is 0.417. The molecule has 0 saturated carbocycles. The van der Waals surface area contributed by atoms with Crippen LogP contribution in [-0.4, -0.2) is 52.8 Å². The summed E-state index contributed by atoms with van der Waals surface area (Å²) in [5.74, 6) is -0.670. The molecule has 1 N–H and O–H groups in total. The van der Waals surface area contributed by atoms with Gasteiger partial charge in [-0.15, -0.1) is 0 Å². The average molecular weight is 408 g/mol. The number of nitrogens with zero attached hydrogens (tertiary/aromatic N) is 2. The first-order valence-corrected chi connectivity index (χ1v) is 10.6. The van der Waals surface area contributed by atoms with Crippen LogP contribution < -0.4 is 0 Å². The van der Waals surface area contributed by atoms with Gasteiger partial charge in [0, 0.05) is 13.1 Å². The quantitative estimate of drug-likeness (QED) is 0.733. The van der Waals surface area contributed by atoms with E-state index in [-0.39, 0.29) is 11.3 Å². The van der Waals surface area contributed by atoms with Crippen molar-refractivity contribution < 1.29 is 19.1 Å². The van der Waals surface area contributed by atoms with Crippen LogP contribution in [0.25, 0.3) is 0 Å². The third-order valence-corrected chi connectivity index (χ3v) is 6.01. The zero-order valence-corrected chi connectivity index (χ0v) is 17.6. The average Bonchev–Trinajstić information content (AvgIpc) is 3.29. The van der Waals surface area contributed by atoms with Crippen molar-refractivity contribution in [2.75, 3.05) is 26.2 Å². The number of ketones is 1. The molecule has 0 spiro atoms. The number of aliphatic hydroxyl groups excluding tert-OH is 1. The summed E-state index contributed by atoms with van der Waals surface area (Å²) < 4.78 is 5.50. The number of rotatable bonds is 6. The van der Waals surface area contributed by atoms with Crippen LogP contribution in [0.15, 0.2) is 52.1 Å². The lowest BCUT2D eigenvalue weighted by Gasteiger charge is -2.31. The van der Waals surface area contributed by atoms with Gasteiger partial charge in [0.15, 0.2) is 11.5 Å². The van der Waals surface area contributed by atoms with Crippen molar-refractivity contribution in [1.82, 2.24) is 9.80 Å². The molecular weight excluding hydrogens is 380 g/mol. The maximum absolute atomic E-state index is 13.2. The van der Waals surface area contributed by atoms with E-state index in [0.717, 1.165) is 30.8 Å². The van der Waals surface area contributed by atoms with Gasteiger partial charge in [-0.2, -0.15) is 0 Å². The monoisotopic (exact) mass is 408 g/mol. The van der Waals surface area contributed by atoms with Gasteiger partial charge in [-0.1, -0.05) is 36.2 Å². The second-order valence-corrected chi connectivity index (χ2v) is 8.22. The summed E-state index contributed by atoms with van der Waals surface area (Å²) in [5.41, 5.74) is 1.99. The lowest BCUT2D eigenvalue weighted by atomic mass is 9.94. The largest absolute Gasteiger partial charge is 0.503 e. The van der Waals surface area contributed by atoms with Gasteiger partial charge in [-0.3, -0.25) is 9.59 Å². The van der Waals surface area contributed by atoms with Crippen molar-refractivity contribution in [2.24, 2.45) is 0 Å². The van der Waals surface area contributed by atoms with E-state index >= 15 is 0 Å². The topological polar surface area (TPSA) is 74.0 Å². The van der Waals surface area contributed by atoms with Gasteiger partial charge in [0.1, 0.15) is 5.76 Å². The highest BCUT2D eigenvalue weighted by molar-refractivity contribution is 6.15. The van der Waals surface area contributed by atoms with Gasteiger partial charge >= 0.3 is 0 Å². The van der Waals surface area contributed by atoms with Crippen LogP contribution in [0.3, 0.4) is 0 Å². The molecule has 2 aliphatic heterocycles. The maximum Gasteiger partial charge on any atom is 0.290 e. The van der Waals surface area contributed by atoms with E-state index in [4.69, 9.17) is 4.42 Å². The van der Waals surface area contributed by atoms with E-state index in [1.807, 2.05) is 31.2 Å². The van der Waals surface area contributed by atoms with E-state index in [9.17, 15) is 14.7 Å². The summed E-state index contributed by atoms with van der Waals surface area (Å²) >= 11 is 0. The molecule has 158 valence electrons. The lowest BCUT2D eigenvalue weighted by molar-refractivity contribution is -0.129. The predicted octanol–water partition coefficient (Wildman–Crippen LogP) is 3.96. The summed E-state index contributed by atoms with van der Waals surface area (Å²) in [7, 11) is 0. The molecule has 1 fully saturated rings. The first kappa shape index (κ1) is 20.4. The number of amides is 1. The molecule has 0 bridgehead atoms. The minimum absolute atomic E-state index is 0.0943. The van der Waals surface area contributed by atoms with Gasteiger partial charge < -0.3 is 19.3 Å². The van der Waals surface area contributed by atoms with Crippen molar-refractivity contribution in [3.05, 3.63) is 70.4 Å². The molecule has 1 atom stereocenters. The number of carbonyl (C=O) groups excluding carboxylic acids is 2. The van der Waals surface area contributed by atoms with E-state index in [0.29, 0.717) is 12.3 Å². The fourth-order valence-electron chi connectivity index (χ4n) is 4.33. The predicted molar refractivity (Wildman–Crippen MR) is 113 cm³/mol. The van der Waals surface area contributed by atoms with Gasteiger partial charge in [0.2, 0.25) is 5.78 Å². The van der Waals surface area contributed by atoms with Gasteiger partial charge in [0.25, 0.3) is 5.91 Å². The Morgan fingerprint density at radius 3 is 2.37 bits per heavy atom. The zero-order valence-electron chi connectivity index (χ0n) is 17.6. The Kier molecular flexibility index (Phi) is 5.77. The number of Topliss-reactive ketones (excluding diaryl/α,β-unsaturated/α-hetero) is 1. The number of benzene rings is 1. The van der Waals surface area contributed by atoms with Crippen LogP contribution in [0, 0.1) is 13.8 Å². The van der Waals surface area contributed by atoms with E-state index in [1.165, 1.54) is 19.3 Å². The highest BCUT2D eigenvalue weighted by Crippen LogP contribution is 2.39. The van der Waals surface area contributed by atoms with Crippen LogP contribution >= 0.6 is 0 Å². The third-order valence-electron chi connectivity index (χ3n) is 6.01. The van der Waals surface area contributed by atoms with Crippen molar-refractivity contribution in [2.45, 2.75) is 39.2 Å². The Hall–Kier alpha value is -2.86. The number of carbonyl (C=O) groups is 2. The number of aryl methyl sites for hydroxylation is 2. The molecular formula is C24H28N2O4. The molecule has 1 saturated heterocycles. The van der Waals surface area contributed by atoms with Crippen molar-refractivity contribution >= 4 is 11.7 Å². The molecule has 1 aromatic heterocycles. The molecule has 2 aromatic rings. The van der Waals surface area contributed by atoms with Crippen LogP contribution in [0.1, 0.15) is 52.7 Å². The number of furan rings is 1. The molecule has 1 unspecified atom stereocenters. The lowest BCUT2D eigenvalue weighted by Crippen LogP contribution is -2.40. The molecule has 6 heteroatoms. The van der Waals surface area contributed by atoms with Crippen molar-refractivity contribution in [3.8, 4) is 0 Å². The van der Waals surface area contributed by atoms with Crippen molar-refractivity contribution in [3.63, 3.8) is 0 Å². The fourth-order valence-corrected chi connectivity index (χ4v) is 4.33. The summed E-state index contributed by atoms with van der Waals surface area (Å²) in [6.45, 7) is 6.97. The Morgan fingerprint density at radius 1 is 1.03 bits per heavy atom. The van der Waals surface area contributed by atoms with Gasteiger partial charge in [0.05, 0.1) is 11.6 Å². The molecule has 0 aliphatic carbocycles. The van der Waals surface area contributed by atoms with Gasteiger partial charge in [-0.05, 0) is 57.5 Å². The SMILES string of the molecule is Cc1ccc(C2C(C(=O)c3ccc(C)o3)=C(O)C(=O)N2CCN2CCCCC2)cc1. The molecule has 2 aliphatic rings. The molecule has 4 rings (SSSR count). The van der Waals surface area contributed by atoms with E-state index < -0.39 is 23.5 Å². The smallest absolute Gasteiger partial charge is 0.290 e. The highest BCUT2D eigenvalue weighted by Gasteiger charge is 2.44. The highest BCUT2D eigenvalue weighted by atomic mass is 16.3. The number of likely N-dealkylation sites (tertiary alicyclic amines) is 1. The molecule has 6 nitrogen and oxygen atoms in total. The third kappa shape index (κ3) is 3.92. The molecule has 0 radical (unpaired) electrons.